The lowest BCUT2D eigenvalue weighted by molar-refractivity contribution is 0.335. The van der Waals surface area contributed by atoms with Crippen LogP contribution in [0.3, 0.4) is 0 Å². The van der Waals surface area contributed by atoms with E-state index in [0.29, 0.717) is 6.61 Å². The Hall–Kier alpha value is -2.16. The maximum absolute atomic E-state index is 12.9. The molecule has 3 aromatic rings. The Morgan fingerprint density at radius 1 is 1.26 bits per heavy atom. The van der Waals surface area contributed by atoms with Gasteiger partial charge >= 0.3 is 0 Å². The zero-order chi connectivity index (χ0) is 19.4. The fraction of sp³-hybridized carbons (Fsp3) is 0.316. The molecule has 2 heterocycles. The smallest absolute Gasteiger partial charge is 0.240 e. The first kappa shape index (κ1) is 19.6. The number of hydrogen-bond donors (Lipinski definition) is 1. The molecule has 1 unspecified atom stereocenters. The molecule has 0 aliphatic rings. The lowest BCUT2D eigenvalue weighted by Gasteiger charge is -2.18. The summed E-state index contributed by atoms with van der Waals surface area (Å²) in [5, 5.41) is 6.25. The highest BCUT2D eigenvalue weighted by Gasteiger charge is 2.22. The van der Waals surface area contributed by atoms with Gasteiger partial charge in [0.15, 0.2) is 0 Å². The number of ether oxygens (including phenoxy) is 1. The van der Waals surface area contributed by atoms with Crippen LogP contribution in [0.5, 0.6) is 5.75 Å². The van der Waals surface area contributed by atoms with E-state index < -0.39 is 10.0 Å². The van der Waals surface area contributed by atoms with Crippen LogP contribution in [-0.2, 0) is 10.0 Å². The predicted molar refractivity (Wildman–Crippen MR) is 107 cm³/mol. The highest BCUT2D eigenvalue weighted by molar-refractivity contribution is 7.89. The van der Waals surface area contributed by atoms with Crippen LogP contribution in [0.4, 0.5) is 0 Å². The summed E-state index contributed by atoms with van der Waals surface area (Å²) in [4.78, 5) is 1.28. The molecule has 1 N–H and O–H groups in total. The standard InChI is InChI=1S/C19H23N3O3S2/c1-4-25-19-14(2)11-16(12-15(19)3)27(23,24)21-13-17(18-7-5-10-26-18)22-9-6-8-20-22/h5-12,17,21H,4,13H2,1-3H3. The first-order chi connectivity index (χ1) is 12.9. The molecular formula is C19H23N3O3S2. The van der Waals surface area contributed by atoms with Crippen molar-refractivity contribution in [2.45, 2.75) is 31.7 Å². The van der Waals surface area contributed by atoms with Gasteiger partial charge in [0.25, 0.3) is 0 Å². The molecular weight excluding hydrogens is 382 g/mol. The van der Waals surface area contributed by atoms with Crippen molar-refractivity contribution in [2.75, 3.05) is 13.2 Å². The lowest BCUT2D eigenvalue weighted by Crippen LogP contribution is -2.31. The van der Waals surface area contributed by atoms with Crippen LogP contribution < -0.4 is 9.46 Å². The quantitative estimate of drug-likeness (QED) is 0.622. The van der Waals surface area contributed by atoms with Crippen LogP contribution in [0.15, 0.2) is 53.0 Å². The Kier molecular flexibility index (Phi) is 5.98. The van der Waals surface area contributed by atoms with E-state index in [1.54, 1.807) is 34.3 Å². The second-order valence-corrected chi connectivity index (χ2v) is 8.93. The Bertz CT molecular complexity index is 924. The number of rotatable bonds is 8. The van der Waals surface area contributed by atoms with Gasteiger partial charge < -0.3 is 4.74 Å². The van der Waals surface area contributed by atoms with E-state index in [1.165, 1.54) is 0 Å². The third-order valence-corrected chi connectivity index (χ3v) is 6.59. The van der Waals surface area contributed by atoms with Crippen LogP contribution in [0, 0.1) is 13.8 Å². The van der Waals surface area contributed by atoms with Gasteiger partial charge in [-0.05, 0) is 61.5 Å². The molecule has 0 fully saturated rings. The molecule has 0 saturated heterocycles. The van der Waals surface area contributed by atoms with E-state index in [9.17, 15) is 8.42 Å². The van der Waals surface area contributed by atoms with Gasteiger partial charge in [0.05, 0.1) is 17.5 Å². The molecule has 6 nitrogen and oxygen atoms in total. The van der Waals surface area contributed by atoms with Crippen molar-refractivity contribution in [3.05, 3.63) is 64.1 Å². The van der Waals surface area contributed by atoms with Crippen LogP contribution in [0.1, 0.15) is 29.0 Å². The summed E-state index contributed by atoms with van der Waals surface area (Å²) in [6, 6.07) is 8.86. The van der Waals surface area contributed by atoms with E-state index in [1.807, 2.05) is 50.5 Å². The highest BCUT2D eigenvalue weighted by Crippen LogP contribution is 2.27. The molecule has 1 atom stereocenters. The molecule has 3 rings (SSSR count). The van der Waals surface area contributed by atoms with Gasteiger partial charge in [-0.1, -0.05) is 6.07 Å². The monoisotopic (exact) mass is 405 g/mol. The van der Waals surface area contributed by atoms with Gasteiger partial charge in [-0.25, -0.2) is 13.1 Å². The summed E-state index contributed by atoms with van der Waals surface area (Å²) in [6.45, 7) is 6.38. The Morgan fingerprint density at radius 3 is 2.56 bits per heavy atom. The number of aryl methyl sites for hydroxylation is 2. The molecule has 0 saturated carbocycles. The molecule has 0 aliphatic heterocycles. The van der Waals surface area contributed by atoms with Gasteiger partial charge in [0.1, 0.15) is 5.75 Å². The first-order valence-electron chi connectivity index (χ1n) is 8.68. The summed E-state index contributed by atoms with van der Waals surface area (Å²) >= 11 is 1.58. The molecule has 0 aliphatic carbocycles. The number of thiophene rings is 1. The predicted octanol–water partition coefficient (Wildman–Crippen LogP) is 3.53. The van der Waals surface area contributed by atoms with Crippen molar-refractivity contribution in [2.24, 2.45) is 0 Å². The van der Waals surface area contributed by atoms with Crippen molar-refractivity contribution in [1.82, 2.24) is 14.5 Å². The number of benzene rings is 1. The average Bonchev–Trinajstić information content (AvgIpc) is 3.32. The molecule has 27 heavy (non-hydrogen) atoms. The number of aromatic nitrogens is 2. The number of hydrogen-bond acceptors (Lipinski definition) is 5. The zero-order valence-electron chi connectivity index (χ0n) is 15.5. The molecule has 0 bridgehead atoms. The van der Waals surface area contributed by atoms with Crippen LogP contribution in [0.2, 0.25) is 0 Å². The summed E-state index contributed by atoms with van der Waals surface area (Å²) in [7, 11) is -3.66. The molecule has 1 aromatic carbocycles. The van der Waals surface area contributed by atoms with E-state index in [4.69, 9.17) is 4.74 Å². The average molecular weight is 406 g/mol. The van der Waals surface area contributed by atoms with Crippen molar-refractivity contribution in [1.29, 1.82) is 0 Å². The number of nitrogens with zero attached hydrogens (tertiary/aromatic N) is 2. The number of nitrogens with one attached hydrogen (secondary N) is 1. The summed E-state index contributed by atoms with van der Waals surface area (Å²) in [6.07, 6.45) is 3.53. The van der Waals surface area contributed by atoms with Gasteiger partial charge in [0, 0.05) is 23.8 Å². The molecule has 0 spiro atoms. The maximum Gasteiger partial charge on any atom is 0.240 e. The summed E-state index contributed by atoms with van der Waals surface area (Å²) < 4.78 is 35.9. The van der Waals surface area contributed by atoms with Gasteiger partial charge in [0.2, 0.25) is 10.0 Å². The van der Waals surface area contributed by atoms with Crippen molar-refractivity contribution in [3.8, 4) is 5.75 Å². The molecule has 144 valence electrons. The van der Waals surface area contributed by atoms with Crippen molar-refractivity contribution in [3.63, 3.8) is 0 Å². The van der Waals surface area contributed by atoms with E-state index >= 15 is 0 Å². The Labute approximate surface area is 163 Å². The molecule has 0 radical (unpaired) electrons. The normalized spacial score (nSPS) is 12.9. The summed E-state index contributed by atoms with van der Waals surface area (Å²) in [5.41, 5.74) is 1.61. The minimum atomic E-state index is -3.66. The highest BCUT2D eigenvalue weighted by atomic mass is 32.2. The fourth-order valence-electron chi connectivity index (χ4n) is 2.98. The van der Waals surface area contributed by atoms with Crippen LogP contribution in [0.25, 0.3) is 0 Å². The first-order valence-corrected chi connectivity index (χ1v) is 11.0. The molecule has 2 aromatic heterocycles. The third kappa shape index (κ3) is 4.40. The topological polar surface area (TPSA) is 73.2 Å². The Balaban J connectivity index is 1.84. The SMILES string of the molecule is CCOc1c(C)cc(S(=O)(=O)NCC(c2cccs2)n2cccn2)cc1C. The summed E-state index contributed by atoms with van der Waals surface area (Å²) in [5.74, 6) is 0.740. The van der Waals surface area contributed by atoms with E-state index in [-0.39, 0.29) is 17.5 Å². The third-order valence-electron chi connectivity index (χ3n) is 4.22. The molecule has 8 heteroatoms. The van der Waals surface area contributed by atoms with Crippen molar-refractivity contribution < 1.29 is 13.2 Å². The number of sulfonamides is 1. The largest absolute Gasteiger partial charge is 0.493 e. The second-order valence-electron chi connectivity index (χ2n) is 6.19. The second kappa shape index (κ2) is 8.24. The lowest BCUT2D eigenvalue weighted by atomic mass is 10.1. The zero-order valence-corrected chi connectivity index (χ0v) is 17.2. The van der Waals surface area contributed by atoms with Gasteiger partial charge in [-0.3, -0.25) is 4.68 Å². The fourth-order valence-corrected chi connectivity index (χ4v) is 5.01. The minimum absolute atomic E-state index is 0.195. The maximum atomic E-state index is 12.9. The van der Waals surface area contributed by atoms with Crippen molar-refractivity contribution >= 4 is 21.4 Å². The van der Waals surface area contributed by atoms with E-state index in [2.05, 4.69) is 9.82 Å². The Morgan fingerprint density at radius 2 is 2.00 bits per heavy atom. The van der Waals surface area contributed by atoms with E-state index in [0.717, 1.165) is 21.8 Å². The van der Waals surface area contributed by atoms with Crippen LogP contribution >= 0.6 is 11.3 Å². The van der Waals surface area contributed by atoms with Crippen LogP contribution in [-0.4, -0.2) is 31.3 Å². The minimum Gasteiger partial charge on any atom is -0.493 e. The molecule has 0 amide bonds. The van der Waals surface area contributed by atoms with Gasteiger partial charge in [-0.15, -0.1) is 11.3 Å². The van der Waals surface area contributed by atoms with Gasteiger partial charge in [-0.2, -0.15) is 5.10 Å².